The number of aromatic nitrogens is 3. The molecule has 30 heavy (non-hydrogen) atoms. The average Bonchev–Trinajstić information content (AvgIpc) is 3.34. The lowest BCUT2D eigenvalue weighted by Gasteiger charge is -2.11. The third-order valence-corrected chi connectivity index (χ3v) is 4.97. The number of alkyl halides is 3. The van der Waals surface area contributed by atoms with Crippen LogP contribution in [0.2, 0.25) is 0 Å². The molecule has 0 fully saturated rings. The predicted molar refractivity (Wildman–Crippen MR) is 110 cm³/mol. The van der Waals surface area contributed by atoms with Crippen LogP contribution in [0.1, 0.15) is 24.5 Å². The number of carbonyl (C=O) groups is 1. The van der Waals surface area contributed by atoms with E-state index in [0.29, 0.717) is 17.8 Å². The molecular weight excluding hydrogens is 393 g/mol. The van der Waals surface area contributed by atoms with E-state index in [1.165, 1.54) is 19.1 Å². The van der Waals surface area contributed by atoms with Gasteiger partial charge in [-0.05, 0) is 48.4 Å². The number of amides is 1. The summed E-state index contributed by atoms with van der Waals surface area (Å²) in [6.07, 6.45) is 1.17. The number of H-pyrrole nitrogens is 1. The van der Waals surface area contributed by atoms with E-state index in [0.717, 1.165) is 28.1 Å². The Morgan fingerprint density at radius 1 is 1.17 bits per heavy atom. The second-order valence-electron chi connectivity index (χ2n) is 7.04. The van der Waals surface area contributed by atoms with Gasteiger partial charge in [-0.1, -0.05) is 13.0 Å². The van der Waals surface area contributed by atoms with Crippen LogP contribution in [0.4, 0.5) is 18.9 Å². The van der Waals surface area contributed by atoms with Gasteiger partial charge in [0.1, 0.15) is 0 Å². The van der Waals surface area contributed by atoms with Crippen LogP contribution in [0, 0.1) is 6.92 Å². The largest absolute Gasteiger partial charge is 0.416 e. The molecule has 2 aromatic carbocycles. The van der Waals surface area contributed by atoms with Crippen LogP contribution in [0.25, 0.3) is 27.7 Å². The number of nitrogens with zero attached hydrogens (tertiary/aromatic N) is 2. The molecule has 4 aromatic rings. The van der Waals surface area contributed by atoms with Crippen molar-refractivity contribution in [3.05, 3.63) is 66.1 Å². The number of nitrogens with one attached hydrogen (secondary N) is 2. The van der Waals surface area contributed by atoms with Gasteiger partial charge in [0.05, 0.1) is 23.1 Å². The van der Waals surface area contributed by atoms with E-state index in [2.05, 4.69) is 15.4 Å². The molecule has 0 bridgehead atoms. The number of fused-ring (bicyclic) bond motifs is 1. The minimum absolute atomic E-state index is 0.0770. The van der Waals surface area contributed by atoms with E-state index in [4.69, 9.17) is 0 Å². The Kier molecular flexibility index (Phi) is 4.85. The highest BCUT2D eigenvalue weighted by atomic mass is 19.4. The van der Waals surface area contributed by atoms with E-state index in [-0.39, 0.29) is 11.5 Å². The fraction of sp³-hybridized carbons (Fsp3) is 0.182. The van der Waals surface area contributed by atoms with E-state index in [9.17, 15) is 18.0 Å². The van der Waals surface area contributed by atoms with Crippen LogP contribution in [0.15, 0.2) is 55.0 Å². The topological polar surface area (TPSA) is 62.7 Å². The molecule has 1 amide bonds. The molecule has 0 radical (unpaired) electrons. The Bertz CT molecular complexity index is 1240. The number of aryl methyl sites for hydroxylation is 1. The predicted octanol–water partition coefficient (Wildman–Crippen LogP) is 5.70. The van der Waals surface area contributed by atoms with Gasteiger partial charge in [0, 0.05) is 35.3 Å². The van der Waals surface area contributed by atoms with Crippen molar-refractivity contribution in [1.29, 1.82) is 0 Å². The normalized spacial score (nSPS) is 11.8. The molecule has 2 N–H and O–H groups in total. The van der Waals surface area contributed by atoms with Crippen LogP contribution >= 0.6 is 0 Å². The SMILES string of the molecule is CCC(=O)Nc1c[nH]c2ccc(-c3cnn(-c4ccc(C(F)(F)F)c(C)c4)c3)cc12. The molecule has 154 valence electrons. The number of halogens is 3. The molecule has 0 aliphatic heterocycles. The van der Waals surface area contributed by atoms with Gasteiger partial charge in [-0.3, -0.25) is 4.79 Å². The van der Waals surface area contributed by atoms with Gasteiger partial charge in [-0.2, -0.15) is 18.3 Å². The van der Waals surface area contributed by atoms with Crippen molar-refractivity contribution in [3.63, 3.8) is 0 Å². The van der Waals surface area contributed by atoms with Crippen LogP contribution in [0.5, 0.6) is 0 Å². The minimum atomic E-state index is -4.38. The van der Waals surface area contributed by atoms with Gasteiger partial charge >= 0.3 is 6.18 Å². The van der Waals surface area contributed by atoms with Gasteiger partial charge in [-0.15, -0.1) is 0 Å². The second-order valence-corrected chi connectivity index (χ2v) is 7.04. The first kappa shape index (κ1) is 19.8. The first-order valence-electron chi connectivity index (χ1n) is 9.40. The summed E-state index contributed by atoms with van der Waals surface area (Å²) >= 11 is 0. The number of benzene rings is 2. The number of anilines is 1. The maximum Gasteiger partial charge on any atom is 0.416 e. The van der Waals surface area contributed by atoms with E-state index < -0.39 is 11.7 Å². The number of hydrogen-bond acceptors (Lipinski definition) is 2. The molecule has 2 aromatic heterocycles. The first-order chi connectivity index (χ1) is 14.3. The molecule has 8 heteroatoms. The van der Waals surface area contributed by atoms with Crippen molar-refractivity contribution in [2.45, 2.75) is 26.4 Å². The van der Waals surface area contributed by atoms with Crippen molar-refractivity contribution in [1.82, 2.24) is 14.8 Å². The Hall–Kier alpha value is -3.55. The van der Waals surface area contributed by atoms with Gasteiger partial charge < -0.3 is 10.3 Å². The van der Waals surface area contributed by atoms with Gasteiger partial charge in [0.25, 0.3) is 0 Å². The third kappa shape index (κ3) is 3.68. The fourth-order valence-electron chi connectivity index (χ4n) is 3.36. The Morgan fingerprint density at radius 2 is 1.97 bits per heavy atom. The summed E-state index contributed by atoms with van der Waals surface area (Å²) in [7, 11) is 0. The monoisotopic (exact) mass is 412 g/mol. The maximum atomic E-state index is 13.0. The zero-order chi connectivity index (χ0) is 21.5. The molecule has 0 aliphatic rings. The first-order valence-corrected chi connectivity index (χ1v) is 9.40. The third-order valence-electron chi connectivity index (χ3n) is 4.97. The highest BCUT2D eigenvalue weighted by Crippen LogP contribution is 2.33. The quantitative estimate of drug-likeness (QED) is 0.452. The molecule has 5 nitrogen and oxygen atoms in total. The van der Waals surface area contributed by atoms with Crippen molar-refractivity contribution in [2.24, 2.45) is 0 Å². The molecular formula is C22H19F3N4O. The zero-order valence-corrected chi connectivity index (χ0v) is 16.3. The second kappa shape index (κ2) is 7.37. The molecule has 0 unspecified atom stereocenters. The number of hydrogen-bond donors (Lipinski definition) is 2. The molecule has 4 rings (SSSR count). The fourth-order valence-corrected chi connectivity index (χ4v) is 3.36. The lowest BCUT2D eigenvalue weighted by atomic mass is 10.1. The number of aromatic amines is 1. The van der Waals surface area contributed by atoms with Crippen LogP contribution < -0.4 is 5.32 Å². The lowest BCUT2D eigenvalue weighted by molar-refractivity contribution is -0.138. The summed E-state index contributed by atoms with van der Waals surface area (Å²) in [6, 6.07) is 9.71. The van der Waals surface area contributed by atoms with Gasteiger partial charge in [0.2, 0.25) is 5.91 Å². The molecule has 2 heterocycles. The highest BCUT2D eigenvalue weighted by Gasteiger charge is 2.32. The lowest BCUT2D eigenvalue weighted by Crippen LogP contribution is -2.08. The smallest absolute Gasteiger partial charge is 0.359 e. The number of rotatable bonds is 4. The summed E-state index contributed by atoms with van der Waals surface area (Å²) in [5, 5.41) is 8.04. The van der Waals surface area contributed by atoms with Crippen molar-refractivity contribution < 1.29 is 18.0 Å². The average molecular weight is 412 g/mol. The van der Waals surface area contributed by atoms with Crippen LogP contribution in [0.3, 0.4) is 0 Å². The van der Waals surface area contributed by atoms with Crippen LogP contribution in [-0.4, -0.2) is 20.7 Å². The van der Waals surface area contributed by atoms with Crippen molar-refractivity contribution >= 4 is 22.5 Å². The molecule has 0 atom stereocenters. The van der Waals surface area contributed by atoms with Crippen LogP contribution in [-0.2, 0) is 11.0 Å². The standard InChI is InChI=1S/C22H19F3N4O/c1-3-21(30)28-20-11-26-19-7-4-14(9-17(19)20)15-10-27-29(12-15)16-5-6-18(13(2)8-16)22(23,24)25/h4-12,26H,3H2,1-2H3,(H,28,30). The van der Waals surface area contributed by atoms with Crippen molar-refractivity contribution in [2.75, 3.05) is 5.32 Å². The highest BCUT2D eigenvalue weighted by molar-refractivity contribution is 6.02. The zero-order valence-electron chi connectivity index (χ0n) is 16.3. The molecule has 0 spiro atoms. The summed E-state index contributed by atoms with van der Waals surface area (Å²) in [5.74, 6) is -0.0770. The van der Waals surface area contributed by atoms with Crippen molar-refractivity contribution in [3.8, 4) is 16.8 Å². The van der Waals surface area contributed by atoms with Gasteiger partial charge in [-0.25, -0.2) is 4.68 Å². The Morgan fingerprint density at radius 3 is 2.67 bits per heavy atom. The maximum absolute atomic E-state index is 13.0. The van der Waals surface area contributed by atoms with E-state index in [1.807, 2.05) is 18.2 Å². The summed E-state index contributed by atoms with van der Waals surface area (Å²) in [5.41, 5.74) is 3.30. The molecule has 0 saturated heterocycles. The Balaban J connectivity index is 1.67. The summed E-state index contributed by atoms with van der Waals surface area (Å²) in [6.45, 7) is 3.22. The molecule has 0 aliphatic carbocycles. The minimum Gasteiger partial charge on any atom is -0.359 e. The summed E-state index contributed by atoms with van der Waals surface area (Å²) in [4.78, 5) is 14.9. The van der Waals surface area contributed by atoms with E-state index in [1.54, 1.807) is 30.2 Å². The number of carbonyl (C=O) groups excluding carboxylic acids is 1. The Labute approximate surface area is 170 Å². The van der Waals surface area contributed by atoms with E-state index >= 15 is 0 Å². The molecule has 0 saturated carbocycles. The van der Waals surface area contributed by atoms with Gasteiger partial charge in [0.15, 0.2) is 0 Å². The summed E-state index contributed by atoms with van der Waals surface area (Å²) < 4.78 is 40.5.